The van der Waals surface area contributed by atoms with Crippen molar-refractivity contribution in [2.75, 3.05) is 6.61 Å². The molecular formula is C13H14ClNO2S. The largest absolute Gasteiger partial charge is 0.465 e. The van der Waals surface area contributed by atoms with Crippen LogP contribution in [-0.4, -0.2) is 17.6 Å². The first kappa shape index (κ1) is 13.3. The Balaban J connectivity index is 2.40. The van der Waals surface area contributed by atoms with Crippen LogP contribution in [0.5, 0.6) is 0 Å². The predicted octanol–water partition coefficient (Wildman–Crippen LogP) is 4.01. The molecule has 18 heavy (non-hydrogen) atoms. The molecule has 1 aromatic carbocycles. The van der Waals surface area contributed by atoms with E-state index in [9.17, 15) is 4.79 Å². The molecule has 0 saturated heterocycles. The Bertz CT molecular complexity index is 567. The van der Waals surface area contributed by atoms with E-state index in [1.807, 2.05) is 25.1 Å². The summed E-state index contributed by atoms with van der Waals surface area (Å²) in [6.45, 7) is 4.15. The number of carbonyl (C=O) groups is 1. The highest BCUT2D eigenvalue weighted by Gasteiger charge is 2.24. The summed E-state index contributed by atoms with van der Waals surface area (Å²) in [7, 11) is 0. The van der Waals surface area contributed by atoms with Crippen molar-refractivity contribution in [1.82, 2.24) is 4.98 Å². The van der Waals surface area contributed by atoms with Crippen LogP contribution in [0.3, 0.4) is 0 Å². The average Bonchev–Trinajstić information content (AvgIpc) is 2.75. The minimum absolute atomic E-state index is 0.213. The van der Waals surface area contributed by atoms with Gasteiger partial charge in [0.25, 0.3) is 0 Å². The molecule has 0 N–H and O–H groups in total. The van der Waals surface area contributed by atoms with Crippen molar-refractivity contribution in [1.29, 1.82) is 0 Å². The number of hydrogen-bond acceptors (Lipinski definition) is 4. The number of fused-ring (bicyclic) bond motifs is 1. The monoisotopic (exact) mass is 283 g/mol. The highest BCUT2D eigenvalue weighted by molar-refractivity contribution is 7.19. The second-order valence-electron chi connectivity index (χ2n) is 3.85. The molecule has 5 heteroatoms. The van der Waals surface area contributed by atoms with Gasteiger partial charge in [-0.05, 0) is 25.5 Å². The molecule has 0 saturated carbocycles. The van der Waals surface area contributed by atoms with Crippen LogP contribution in [-0.2, 0) is 9.53 Å². The minimum atomic E-state index is -0.293. The van der Waals surface area contributed by atoms with Gasteiger partial charge in [0.2, 0.25) is 0 Å². The average molecular weight is 284 g/mol. The van der Waals surface area contributed by atoms with Gasteiger partial charge in [-0.3, -0.25) is 4.79 Å². The summed E-state index contributed by atoms with van der Waals surface area (Å²) in [5.41, 5.74) is 0.838. The Morgan fingerprint density at radius 3 is 2.89 bits per heavy atom. The number of esters is 1. The molecule has 0 aliphatic carbocycles. The highest BCUT2D eigenvalue weighted by Crippen LogP contribution is 2.34. The van der Waals surface area contributed by atoms with Crippen LogP contribution >= 0.6 is 22.9 Å². The fourth-order valence-electron chi connectivity index (χ4n) is 1.77. The molecule has 3 nitrogen and oxygen atoms in total. The third kappa shape index (κ3) is 2.49. The Labute approximate surface area is 115 Å². The molecule has 0 aliphatic heterocycles. The Kier molecular flexibility index (Phi) is 4.19. The predicted molar refractivity (Wildman–Crippen MR) is 74.3 cm³/mol. The molecule has 2 rings (SSSR count). The molecule has 0 spiro atoms. The summed E-state index contributed by atoms with van der Waals surface area (Å²) in [5, 5.41) is 1.45. The van der Waals surface area contributed by atoms with Crippen LogP contribution in [0.2, 0.25) is 5.02 Å². The van der Waals surface area contributed by atoms with Crippen LogP contribution in [0, 0.1) is 0 Å². The summed E-state index contributed by atoms with van der Waals surface area (Å²) in [6, 6.07) is 5.59. The van der Waals surface area contributed by atoms with Crippen molar-refractivity contribution in [3.05, 3.63) is 28.2 Å². The number of hydrogen-bond donors (Lipinski definition) is 0. The Morgan fingerprint density at radius 2 is 2.28 bits per heavy atom. The van der Waals surface area contributed by atoms with Gasteiger partial charge in [0.15, 0.2) is 0 Å². The maximum absolute atomic E-state index is 11.8. The van der Waals surface area contributed by atoms with Crippen molar-refractivity contribution < 1.29 is 9.53 Å². The number of ether oxygens (including phenoxy) is 1. The maximum atomic E-state index is 11.8. The normalized spacial score (nSPS) is 12.6. The van der Waals surface area contributed by atoms with Crippen LogP contribution in [0.4, 0.5) is 0 Å². The van der Waals surface area contributed by atoms with Crippen molar-refractivity contribution >= 4 is 39.1 Å². The molecule has 1 unspecified atom stereocenters. The molecule has 0 fully saturated rings. The van der Waals surface area contributed by atoms with E-state index >= 15 is 0 Å². The molecule has 0 radical (unpaired) electrons. The number of halogens is 1. The lowest BCUT2D eigenvalue weighted by Gasteiger charge is -2.09. The summed E-state index contributed by atoms with van der Waals surface area (Å²) in [6.07, 6.45) is 0.677. The fraction of sp³-hybridized carbons (Fsp3) is 0.385. The molecule has 2 aromatic rings. The maximum Gasteiger partial charge on any atom is 0.315 e. The number of carbonyl (C=O) groups excluding carboxylic acids is 1. The van der Waals surface area contributed by atoms with E-state index in [1.165, 1.54) is 11.3 Å². The van der Waals surface area contributed by atoms with E-state index in [-0.39, 0.29) is 11.9 Å². The van der Waals surface area contributed by atoms with Gasteiger partial charge < -0.3 is 4.74 Å². The standard InChI is InChI=1S/C13H14ClNO2S/c1-3-8(13(16)17-4-2)12-15-10-7-5-6-9(14)11(10)18-12/h5-8H,3-4H2,1-2H3. The lowest BCUT2D eigenvalue weighted by atomic mass is 10.1. The van der Waals surface area contributed by atoms with Crippen molar-refractivity contribution in [3.8, 4) is 0 Å². The molecular weight excluding hydrogens is 270 g/mol. The Morgan fingerprint density at radius 1 is 1.50 bits per heavy atom. The zero-order chi connectivity index (χ0) is 13.1. The van der Waals surface area contributed by atoms with Crippen molar-refractivity contribution in [2.45, 2.75) is 26.2 Å². The van der Waals surface area contributed by atoms with Gasteiger partial charge in [-0.25, -0.2) is 4.98 Å². The van der Waals surface area contributed by atoms with Crippen LogP contribution in [0.15, 0.2) is 18.2 Å². The first-order chi connectivity index (χ1) is 8.67. The number of aromatic nitrogens is 1. The van der Waals surface area contributed by atoms with Gasteiger partial charge in [-0.2, -0.15) is 0 Å². The zero-order valence-electron chi connectivity index (χ0n) is 10.3. The third-order valence-corrected chi connectivity index (χ3v) is 4.31. The van der Waals surface area contributed by atoms with E-state index in [2.05, 4.69) is 4.98 Å². The van der Waals surface area contributed by atoms with Gasteiger partial charge >= 0.3 is 5.97 Å². The fourth-order valence-corrected chi connectivity index (χ4v) is 3.19. The molecule has 96 valence electrons. The molecule has 1 atom stereocenters. The van der Waals surface area contributed by atoms with Gasteiger partial charge in [0.05, 0.1) is 21.8 Å². The SMILES string of the molecule is CCOC(=O)C(CC)c1nc2cccc(Cl)c2s1. The van der Waals surface area contributed by atoms with Gasteiger partial charge in [0.1, 0.15) is 10.9 Å². The van der Waals surface area contributed by atoms with Crippen molar-refractivity contribution in [2.24, 2.45) is 0 Å². The second-order valence-corrected chi connectivity index (χ2v) is 5.29. The van der Waals surface area contributed by atoms with Crippen LogP contribution in [0.25, 0.3) is 10.2 Å². The van der Waals surface area contributed by atoms with Gasteiger partial charge in [0, 0.05) is 0 Å². The Hall–Kier alpha value is -1.13. The second kappa shape index (κ2) is 5.67. The zero-order valence-corrected chi connectivity index (χ0v) is 11.8. The van der Waals surface area contributed by atoms with E-state index in [0.717, 1.165) is 15.2 Å². The smallest absolute Gasteiger partial charge is 0.315 e. The number of nitrogens with zero attached hydrogens (tertiary/aromatic N) is 1. The van der Waals surface area contributed by atoms with E-state index in [4.69, 9.17) is 16.3 Å². The van der Waals surface area contributed by atoms with E-state index < -0.39 is 0 Å². The number of benzene rings is 1. The molecule has 1 heterocycles. The first-order valence-corrected chi connectivity index (χ1v) is 7.08. The van der Waals surface area contributed by atoms with E-state index in [1.54, 1.807) is 6.92 Å². The lowest BCUT2D eigenvalue weighted by Crippen LogP contribution is -2.14. The first-order valence-electron chi connectivity index (χ1n) is 5.89. The summed E-state index contributed by atoms with van der Waals surface area (Å²) < 4.78 is 6.00. The molecule has 1 aromatic heterocycles. The summed E-state index contributed by atoms with van der Waals surface area (Å²) >= 11 is 7.58. The highest BCUT2D eigenvalue weighted by atomic mass is 35.5. The number of thiazole rings is 1. The van der Waals surface area contributed by atoms with Crippen LogP contribution in [0.1, 0.15) is 31.2 Å². The summed E-state index contributed by atoms with van der Waals surface area (Å²) in [4.78, 5) is 16.3. The van der Waals surface area contributed by atoms with Crippen molar-refractivity contribution in [3.63, 3.8) is 0 Å². The van der Waals surface area contributed by atoms with Gasteiger partial charge in [-0.1, -0.05) is 24.6 Å². The molecule has 0 amide bonds. The van der Waals surface area contributed by atoms with E-state index in [0.29, 0.717) is 18.1 Å². The number of rotatable bonds is 4. The van der Waals surface area contributed by atoms with Gasteiger partial charge in [-0.15, -0.1) is 11.3 Å². The summed E-state index contributed by atoms with van der Waals surface area (Å²) in [5.74, 6) is -0.506. The lowest BCUT2D eigenvalue weighted by molar-refractivity contribution is -0.145. The topological polar surface area (TPSA) is 39.2 Å². The van der Waals surface area contributed by atoms with Crippen LogP contribution < -0.4 is 0 Å². The minimum Gasteiger partial charge on any atom is -0.465 e. The quantitative estimate of drug-likeness (QED) is 0.796. The molecule has 0 aliphatic rings. The molecule has 0 bridgehead atoms. The third-order valence-electron chi connectivity index (χ3n) is 2.66.